The van der Waals surface area contributed by atoms with Crippen LogP contribution in [-0.2, 0) is 21.9 Å². The molecule has 3 rings (SSSR count). The van der Waals surface area contributed by atoms with Crippen molar-refractivity contribution in [3.05, 3.63) is 35.8 Å². The number of rotatable bonds is 8. The molecular weight excluding hydrogens is 436 g/mol. The van der Waals surface area contributed by atoms with Gasteiger partial charge in [-0.25, -0.2) is 13.4 Å². The van der Waals surface area contributed by atoms with Crippen LogP contribution in [0, 0.1) is 12.8 Å². The summed E-state index contributed by atoms with van der Waals surface area (Å²) in [5, 5.41) is 13.3. The lowest BCUT2D eigenvalue weighted by molar-refractivity contribution is -0.126. The predicted octanol–water partition coefficient (Wildman–Crippen LogP) is 0.996. The molecule has 2 aromatic rings. The normalized spacial score (nSPS) is 16.5. The number of carbonyl (C=O) groups is 1. The first kappa shape index (κ1) is 24.0. The van der Waals surface area contributed by atoms with Gasteiger partial charge in [0, 0.05) is 44.4 Å². The number of hydrogen-bond donors (Lipinski definition) is 2. The maximum absolute atomic E-state index is 12.8. The molecule has 176 valence electrons. The summed E-state index contributed by atoms with van der Waals surface area (Å²) < 4.78 is 39.1. The molecule has 0 aliphatic carbocycles. The fourth-order valence-corrected chi connectivity index (χ4v) is 5.19. The van der Waals surface area contributed by atoms with Gasteiger partial charge in [-0.15, -0.1) is 0 Å². The lowest BCUT2D eigenvalue weighted by Gasteiger charge is -2.30. The molecule has 1 saturated heterocycles. The van der Waals surface area contributed by atoms with Gasteiger partial charge in [0.1, 0.15) is 17.3 Å². The Morgan fingerprint density at radius 1 is 1.28 bits per heavy atom. The van der Waals surface area contributed by atoms with Crippen molar-refractivity contribution in [3.8, 4) is 11.5 Å². The zero-order valence-corrected chi connectivity index (χ0v) is 19.6. The molecule has 0 radical (unpaired) electrons. The minimum atomic E-state index is -3.68. The maximum Gasteiger partial charge on any atom is 0.262 e. The van der Waals surface area contributed by atoms with Crippen molar-refractivity contribution in [2.45, 2.75) is 30.9 Å². The number of sulfonamides is 1. The smallest absolute Gasteiger partial charge is 0.262 e. The number of imidazole rings is 1. The Kier molecular flexibility index (Phi) is 7.42. The number of aryl methyl sites for hydroxylation is 2. The first-order valence-electron chi connectivity index (χ1n) is 10.3. The van der Waals surface area contributed by atoms with E-state index in [9.17, 15) is 18.3 Å². The standard InChI is InChI=1S/C21H30N4O6S/c1-14-23-20(13-24(14)2)32(28,29)25-9-7-15(8-10-25)21(27)22-12-18(26)17-11-16(30-3)5-6-19(17)31-4/h5-6,11,13,15,18,26H,7-10,12H2,1-4H3,(H,22,27). The predicted molar refractivity (Wildman–Crippen MR) is 117 cm³/mol. The van der Waals surface area contributed by atoms with Crippen LogP contribution in [0.3, 0.4) is 0 Å². The van der Waals surface area contributed by atoms with Crippen LogP contribution in [0.2, 0.25) is 0 Å². The second-order valence-corrected chi connectivity index (χ2v) is 9.67. The maximum atomic E-state index is 12.8. The molecule has 0 saturated carbocycles. The largest absolute Gasteiger partial charge is 0.497 e. The number of hydrogen-bond acceptors (Lipinski definition) is 7. The third-order valence-electron chi connectivity index (χ3n) is 5.78. The van der Waals surface area contributed by atoms with Gasteiger partial charge >= 0.3 is 0 Å². The monoisotopic (exact) mass is 466 g/mol. The number of carbonyl (C=O) groups excluding carboxylic acids is 1. The van der Waals surface area contributed by atoms with Crippen LogP contribution >= 0.6 is 0 Å². The number of ether oxygens (including phenoxy) is 2. The lowest BCUT2D eigenvalue weighted by atomic mass is 9.97. The zero-order chi connectivity index (χ0) is 23.5. The molecule has 1 fully saturated rings. The molecule has 1 aliphatic rings. The van der Waals surface area contributed by atoms with E-state index in [2.05, 4.69) is 10.3 Å². The molecule has 1 aromatic carbocycles. The summed E-state index contributed by atoms with van der Waals surface area (Å²) in [4.78, 5) is 16.7. The van der Waals surface area contributed by atoms with Gasteiger partial charge in [-0.3, -0.25) is 4.79 Å². The second kappa shape index (κ2) is 9.88. The highest BCUT2D eigenvalue weighted by Crippen LogP contribution is 2.29. The van der Waals surface area contributed by atoms with E-state index in [1.807, 2.05) is 0 Å². The van der Waals surface area contributed by atoms with E-state index in [-0.39, 0.29) is 36.5 Å². The summed E-state index contributed by atoms with van der Waals surface area (Å²) in [7, 11) is 1.09. The molecule has 0 bridgehead atoms. The van der Waals surface area contributed by atoms with Gasteiger partial charge in [-0.05, 0) is 38.0 Å². The summed E-state index contributed by atoms with van der Waals surface area (Å²) in [5.41, 5.74) is 0.513. The van der Waals surface area contributed by atoms with E-state index in [0.717, 1.165) is 0 Å². The molecule has 1 atom stereocenters. The van der Waals surface area contributed by atoms with E-state index >= 15 is 0 Å². The number of nitrogens with one attached hydrogen (secondary N) is 1. The van der Waals surface area contributed by atoms with Crippen LogP contribution in [0.15, 0.2) is 29.4 Å². The number of nitrogens with zero attached hydrogens (tertiary/aromatic N) is 3. The third kappa shape index (κ3) is 5.05. The van der Waals surface area contributed by atoms with Crippen LogP contribution in [0.4, 0.5) is 0 Å². The van der Waals surface area contributed by atoms with Gasteiger partial charge in [0.05, 0.1) is 20.3 Å². The van der Waals surface area contributed by atoms with Crippen LogP contribution in [0.5, 0.6) is 11.5 Å². The molecule has 1 aromatic heterocycles. The molecular formula is C21H30N4O6S. The Morgan fingerprint density at radius 2 is 1.97 bits per heavy atom. The van der Waals surface area contributed by atoms with Crippen LogP contribution < -0.4 is 14.8 Å². The molecule has 0 spiro atoms. The van der Waals surface area contributed by atoms with Gasteiger partial charge < -0.3 is 24.5 Å². The van der Waals surface area contributed by atoms with E-state index in [1.54, 1.807) is 36.7 Å². The number of aliphatic hydroxyl groups excluding tert-OH is 1. The van der Waals surface area contributed by atoms with Crippen molar-refractivity contribution < 1.29 is 27.8 Å². The van der Waals surface area contributed by atoms with Crippen molar-refractivity contribution in [1.29, 1.82) is 0 Å². The van der Waals surface area contributed by atoms with E-state index in [4.69, 9.17) is 9.47 Å². The minimum absolute atomic E-state index is 0.00802. The van der Waals surface area contributed by atoms with Crippen molar-refractivity contribution in [2.75, 3.05) is 33.9 Å². The number of amides is 1. The third-order valence-corrected chi connectivity index (χ3v) is 7.55. The summed E-state index contributed by atoms with van der Waals surface area (Å²) in [5.74, 6) is 1.14. The van der Waals surface area contributed by atoms with Crippen molar-refractivity contribution in [3.63, 3.8) is 0 Å². The highest BCUT2D eigenvalue weighted by molar-refractivity contribution is 7.89. The van der Waals surface area contributed by atoms with Crippen molar-refractivity contribution in [2.24, 2.45) is 13.0 Å². The number of piperidine rings is 1. The molecule has 2 N–H and O–H groups in total. The number of aliphatic hydroxyl groups is 1. The fourth-order valence-electron chi connectivity index (χ4n) is 3.69. The highest BCUT2D eigenvalue weighted by Gasteiger charge is 2.33. The molecule has 1 unspecified atom stereocenters. The van der Waals surface area contributed by atoms with Crippen LogP contribution in [0.25, 0.3) is 0 Å². The van der Waals surface area contributed by atoms with E-state index in [1.165, 1.54) is 24.7 Å². The first-order valence-corrected chi connectivity index (χ1v) is 11.8. The van der Waals surface area contributed by atoms with Gasteiger partial charge in [-0.2, -0.15) is 4.31 Å². The van der Waals surface area contributed by atoms with Gasteiger partial charge in [0.2, 0.25) is 5.91 Å². The van der Waals surface area contributed by atoms with Crippen LogP contribution in [0.1, 0.15) is 30.3 Å². The lowest BCUT2D eigenvalue weighted by Crippen LogP contribution is -2.43. The Bertz CT molecular complexity index is 1040. The minimum Gasteiger partial charge on any atom is -0.497 e. The average molecular weight is 467 g/mol. The number of benzene rings is 1. The Morgan fingerprint density at radius 3 is 2.53 bits per heavy atom. The average Bonchev–Trinajstić information content (AvgIpc) is 3.15. The van der Waals surface area contributed by atoms with Crippen LogP contribution in [-0.4, -0.2) is 67.1 Å². The quantitative estimate of drug-likeness (QED) is 0.595. The second-order valence-electron chi connectivity index (χ2n) is 7.78. The summed E-state index contributed by atoms with van der Waals surface area (Å²) >= 11 is 0. The van der Waals surface area contributed by atoms with Gasteiger partial charge in [0.15, 0.2) is 5.03 Å². The molecule has 11 heteroatoms. The summed E-state index contributed by atoms with van der Waals surface area (Å²) in [6.07, 6.45) is 1.32. The topological polar surface area (TPSA) is 123 Å². The molecule has 10 nitrogen and oxygen atoms in total. The van der Waals surface area contributed by atoms with Crippen molar-refractivity contribution >= 4 is 15.9 Å². The zero-order valence-electron chi connectivity index (χ0n) is 18.7. The van der Waals surface area contributed by atoms with Gasteiger partial charge in [0.25, 0.3) is 10.0 Å². The van der Waals surface area contributed by atoms with Crippen molar-refractivity contribution in [1.82, 2.24) is 19.2 Å². The Hall–Kier alpha value is -2.63. The first-order chi connectivity index (χ1) is 15.2. The molecule has 2 heterocycles. The SMILES string of the molecule is COc1ccc(OC)c(C(O)CNC(=O)C2CCN(S(=O)(=O)c3cn(C)c(C)n3)CC2)c1. The Balaban J connectivity index is 1.56. The number of aromatic nitrogens is 2. The fraction of sp³-hybridized carbons (Fsp3) is 0.524. The van der Waals surface area contributed by atoms with Gasteiger partial charge in [-0.1, -0.05) is 0 Å². The van der Waals surface area contributed by atoms with E-state index < -0.39 is 16.1 Å². The summed E-state index contributed by atoms with van der Waals surface area (Å²) in [6, 6.07) is 5.08. The Labute approximate surface area is 188 Å². The molecule has 1 amide bonds. The summed E-state index contributed by atoms with van der Waals surface area (Å²) in [6.45, 7) is 2.23. The molecule has 32 heavy (non-hydrogen) atoms. The number of methoxy groups -OCH3 is 2. The highest BCUT2D eigenvalue weighted by atomic mass is 32.2. The molecule has 1 aliphatic heterocycles. The van der Waals surface area contributed by atoms with E-state index in [0.29, 0.717) is 35.7 Å².